The van der Waals surface area contributed by atoms with Gasteiger partial charge in [-0.1, -0.05) is 6.92 Å². The van der Waals surface area contributed by atoms with Crippen molar-refractivity contribution in [1.82, 2.24) is 15.5 Å². The Labute approximate surface area is 110 Å². The molecule has 1 aliphatic carbocycles. The molecule has 1 aliphatic heterocycles. The van der Waals surface area contributed by atoms with Crippen LogP contribution in [0.1, 0.15) is 39.0 Å². The van der Waals surface area contributed by atoms with Gasteiger partial charge in [0.2, 0.25) is 5.91 Å². The van der Waals surface area contributed by atoms with Gasteiger partial charge in [-0.3, -0.25) is 4.79 Å². The Bertz CT molecular complexity index is 258. The Kier molecular flexibility index (Phi) is 5.45. The molecule has 2 N–H and O–H groups in total. The summed E-state index contributed by atoms with van der Waals surface area (Å²) in [6.45, 7) is 7.48. The molecular formula is C14H27N3O. The molecule has 0 bridgehead atoms. The van der Waals surface area contributed by atoms with Gasteiger partial charge in [0, 0.05) is 25.6 Å². The molecular weight excluding hydrogens is 226 g/mol. The summed E-state index contributed by atoms with van der Waals surface area (Å²) < 4.78 is 0. The Morgan fingerprint density at radius 1 is 1.22 bits per heavy atom. The molecule has 0 aromatic heterocycles. The van der Waals surface area contributed by atoms with Crippen LogP contribution in [0, 0.1) is 5.92 Å². The zero-order valence-corrected chi connectivity index (χ0v) is 11.6. The molecule has 0 atom stereocenters. The molecule has 0 aromatic rings. The van der Waals surface area contributed by atoms with Gasteiger partial charge >= 0.3 is 0 Å². The number of likely N-dealkylation sites (tertiary alicyclic amines) is 1. The highest BCUT2D eigenvalue weighted by Gasteiger charge is 2.21. The van der Waals surface area contributed by atoms with Gasteiger partial charge in [0.05, 0.1) is 0 Å². The van der Waals surface area contributed by atoms with Gasteiger partial charge in [-0.05, 0) is 51.2 Å². The molecule has 0 radical (unpaired) electrons. The van der Waals surface area contributed by atoms with Gasteiger partial charge in [-0.2, -0.15) is 0 Å². The molecule has 0 aromatic carbocycles. The Hall–Kier alpha value is -0.610. The van der Waals surface area contributed by atoms with Crippen molar-refractivity contribution >= 4 is 5.91 Å². The highest BCUT2D eigenvalue weighted by atomic mass is 16.1. The van der Waals surface area contributed by atoms with E-state index in [1.807, 2.05) is 0 Å². The van der Waals surface area contributed by atoms with Crippen LogP contribution in [0.5, 0.6) is 0 Å². The average Bonchev–Trinajstić information content (AvgIpc) is 3.21. The summed E-state index contributed by atoms with van der Waals surface area (Å²) in [6, 6.07) is 0.705. The second kappa shape index (κ2) is 7.10. The van der Waals surface area contributed by atoms with Crippen LogP contribution in [-0.4, -0.2) is 49.6 Å². The summed E-state index contributed by atoms with van der Waals surface area (Å²) in [4.78, 5) is 14.1. The van der Waals surface area contributed by atoms with Crippen molar-refractivity contribution in [2.45, 2.75) is 45.1 Å². The lowest BCUT2D eigenvalue weighted by molar-refractivity contribution is -0.121. The van der Waals surface area contributed by atoms with Crippen molar-refractivity contribution in [1.29, 1.82) is 0 Å². The third-order valence-electron chi connectivity index (χ3n) is 4.10. The van der Waals surface area contributed by atoms with E-state index in [0.29, 0.717) is 18.4 Å². The molecule has 4 nitrogen and oxygen atoms in total. The lowest BCUT2D eigenvalue weighted by atomic mass is 9.97. The number of rotatable bonds is 7. The third-order valence-corrected chi connectivity index (χ3v) is 4.10. The Morgan fingerprint density at radius 3 is 2.56 bits per heavy atom. The van der Waals surface area contributed by atoms with E-state index in [2.05, 4.69) is 22.5 Å². The summed E-state index contributed by atoms with van der Waals surface area (Å²) in [5.74, 6) is 0.897. The maximum Gasteiger partial charge on any atom is 0.221 e. The van der Waals surface area contributed by atoms with Crippen LogP contribution in [0.15, 0.2) is 0 Å². The van der Waals surface area contributed by atoms with E-state index in [-0.39, 0.29) is 5.91 Å². The van der Waals surface area contributed by atoms with E-state index in [0.717, 1.165) is 19.6 Å². The lowest BCUT2D eigenvalue weighted by Gasteiger charge is -2.31. The predicted octanol–water partition coefficient (Wildman–Crippen LogP) is 0.977. The smallest absolute Gasteiger partial charge is 0.221 e. The predicted molar refractivity (Wildman–Crippen MR) is 73.5 cm³/mol. The highest BCUT2D eigenvalue weighted by Crippen LogP contribution is 2.18. The molecule has 18 heavy (non-hydrogen) atoms. The van der Waals surface area contributed by atoms with Crippen molar-refractivity contribution in [2.75, 3.05) is 32.7 Å². The molecule has 2 rings (SSSR count). The van der Waals surface area contributed by atoms with Gasteiger partial charge in [0.15, 0.2) is 0 Å². The normalized spacial score (nSPS) is 22.1. The van der Waals surface area contributed by atoms with Crippen LogP contribution < -0.4 is 10.6 Å². The van der Waals surface area contributed by atoms with Crippen molar-refractivity contribution in [3.63, 3.8) is 0 Å². The van der Waals surface area contributed by atoms with Crippen LogP contribution >= 0.6 is 0 Å². The van der Waals surface area contributed by atoms with Crippen LogP contribution in [0.25, 0.3) is 0 Å². The summed E-state index contributed by atoms with van der Waals surface area (Å²) in [7, 11) is 0. The fourth-order valence-electron chi connectivity index (χ4n) is 2.53. The average molecular weight is 253 g/mol. The molecule has 4 heteroatoms. The number of piperidine rings is 1. The van der Waals surface area contributed by atoms with Gasteiger partial charge in [0.25, 0.3) is 0 Å². The number of hydrogen-bond donors (Lipinski definition) is 2. The molecule has 2 fully saturated rings. The number of amides is 1. The second-order valence-corrected chi connectivity index (χ2v) is 5.66. The van der Waals surface area contributed by atoms with Crippen molar-refractivity contribution < 1.29 is 4.79 Å². The Morgan fingerprint density at radius 2 is 1.94 bits per heavy atom. The van der Waals surface area contributed by atoms with Gasteiger partial charge < -0.3 is 15.5 Å². The van der Waals surface area contributed by atoms with Gasteiger partial charge in [-0.15, -0.1) is 0 Å². The third kappa shape index (κ3) is 4.94. The van der Waals surface area contributed by atoms with E-state index in [4.69, 9.17) is 0 Å². The fraction of sp³-hybridized carbons (Fsp3) is 0.929. The minimum Gasteiger partial charge on any atom is -0.356 e. The molecule has 0 spiro atoms. The minimum atomic E-state index is 0.209. The summed E-state index contributed by atoms with van der Waals surface area (Å²) >= 11 is 0. The molecule has 1 heterocycles. The van der Waals surface area contributed by atoms with Crippen LogP contribution in [0.3, 0.4) is 0 Å². The number of nitrogens with zero attached hydrogens (tertiary/aromatic N) is 1. The quantitative estimate of drug-likeness (QED) is 0.711. The number of hydrogen-bond acceptors (Lipinski definition) is 3. The molecule has 2 aliphatic rings. The Balaban J connectivity index is 1.49. The van der Waals surface area contributed by atoms with Crippen LogP contribution in [-0.2, 0) is 4.79 Å². The molecule has 1 saturated carbocycles. The van der Waals surface area contributed by atoms with E-state index in [1.54, 1.807) is 0 Å². The monoisotopic (exact) mass is 253 g/mol. The second-order valence-electron chi connectivity index (χ2n) is 5.66. The standard InChI is InChI=1S/C14H27N3O/c1-2-17-9-6-12(7-10-17)11-16-14(18)5-8-15-13-3-4-13/h12-13,15H,2-11H2,1H3,(H,16,18). The lowest BCUT2D eigenvalue weighted by Crippen LogP contribution is -2.39. The maximum atomic E-state index is 11.6. The van der Waals surface area contributed by atoms with Gasteiger partial charge in [-0.25, -0.2) is 0 Å². The van der Waals surface area contributed by atoms with Crippen molar-refractivity contribution in [3.8, 4) is 0 Å². The van der Waals surface area contributed by atoms with E-state index in [1.165, 1.54) is 38.8 Å². The first-order valence-electron chi connectivity index (χ1n) is 7.50. The zero-order valence-electron chi connectivity index (χ0n) is 11.6. The van der Waals surface area contributed by atoms with Crippen molar-refractivity contribution in [3.05, 3.63) is 0 Å². The number of nitrogens with one attached hydrogen (secondary N) is 2. The van der Waals surface area contributed by atoms with Crippen LogP contribution in [0.4, 0.5) is 0 Å². The summed E-state index contributed by atoms with van der Waals surface area (Å²) in [6.07, 6.45) is 5.67. The maximum absolute atomic E-state index is 11.6. The molecule has 0 unspecified atom stereocenters. The van der Waals surface area contributed by atoms with Crippen LogP contribution in [0.2, 0.25) is 0 Å². The zero-order chi connectivity index (χ0) is 12.8. The number of carbonyl (C=O) groups excluding carboxylic acids is 1. The van der Waals surface area contributed by atoms with E-state index in [9.17, 15) is 4.79 Å². The van der Waals surface area contributed by atoms with Gasteiger partial charge in [0.1, 0.15) is 0 Å². The largest absolute Gasteiger partial charge is 0.356 e. The van der Waals surface area contributed by atoms with E-state index >= 15 is 0 Å². The number of carbonyl (C=O) groups is 1. The first-order valence-corrected chi connectivity index (χ1v) is 7.50. The fourth-order valence-corrected chi connectivity index (χ4v) is 2.53. The SMILES string of the molecule is CCN1CCC(CNC(=O)CCNC2CC2)CC1. The molecule has 1 amide bonds. The minimum absolute atomic E-state index is 0.209. The molecule has 104 valence electrons. The summed E-state index contributed by atoms with van der Waals surface area (Å²) in [5.41, 5.74) is 0. The first-order chi connectivity index (χ1) is 8.78. The first kappa shape index (κ1) is 13.8. The molecule has 1 saturated heterocycles. The topological polar surface area (TPSA) is 44.4 Å². The van der Waals surface area contributed by atoms with E-state index < -0.39 is 0 Å². The summed E-state index contributed by atoms with van der Waals surface area (Å²) in [5, 5.41) is 6.45. The van der Waals surface area contributed by atoms with Crippen molar-refractivity contribution in [2.24, 2.45) is 5.92 Å². The highest BCUT2D eigenvalue weighted by molar-refractivity contribution is 5.76.